The zero-order valence-corrected chi connectivity index (χ0v) is 15.7. The fourth-order valence-corrected chi connectivity index (χ4v) is 3.77. The molecule has 0 bridgehead atoms. The molecule has 1 aliphatic heterocycles. The summed E-state index contributed by atoms with van der Waals surface area (Å²) in [6.07, 6.45) is 1.94. The Morgan fingerprint density at radius 2 is 2.00 bits per heavy atom. The zero-order valence-electron chi connectivity index (χ0n) is 15.7. The van der Waals surface area contributed by atoms with E-state index in [1.165, 1.54) is 5.56 Å². The van der Waals surface area contributed by atoms with E-state index in [0.29, 0.717) is 19.0 Å². The van der Waals surface area contributed by atoms with Crippen LogP contribution in [0.25, 0.3) is 11.0 Å². The number of piperidine rings is 1. The molecule has 0 radical (unpaired) electrons. The molecule has 2 N–H and O–H groups in total. The number of benzene rings is 2. The summed E-state index contributed by atoms with van der Waals surface area (Å²) in [7, 11) is 0. The molecule has 1 amide bonds. The number of aromatic nitrogens is 2. The molecule has 2 aromatic carbocycles. The van der Waals surface area contributed by atoms with Gasteiger partial charge in [0.25, 0.3) is 0 Å². The number of carbonyl (C=O) groups is 1. The topological polar surface area (TPSA) is 61.0 Å². The number of amides is 1. The monoisotopic (exact) mass is 362 g/mol. The van der Waals surface area contributed by atoms with Crippen molar-refractivity contribution in [1.82, 2.24) is 15.3 Å². The SMILES string of the molecule is C[C@@H](CNC(=O)[C@@H]1CCCN(c2nc3ccccc3[nH]2)C1)c1ccccc1. The molecule has 5 nitrogen and oxygen atoms in total. The van der Waals surface area contributed by atoms with Gasteiger partial charge in [0.05, 0.1) is 17.0 Å². The Labute approximate surface area is 159 Å². The summed E-state index contributed by atoms with van der Waals surface area (Å²) in [6, 6.07) is 18.4. The summed E-state index contributed by atoms with van der Waals surface area (Å²) in [4.78, 5) is 23.0. The Morgan fingerprint density at radius 1 is 1.22 bits per heavy atom. The van der Waals surface area contributed by atoms with Gasteiger partial charge in [0, 0.05) is 19.6 Å². The highest BCUT2D eigenvalue weighted by molar-refractivity contribution is 5.80. The summed E-state index contributed by atoms with van der Waals surface area (Å²) < 4.78 is 0. The van der Waals surface area contributed by atoms with E-state index in [9.17, 15) is 4.79 Å². The first-order valence-electron chi connectivity index (χ1n) is 9.73. The van der Waals surface area contributed by atoms with E-state index in [-0.39, 0.29) is 11.8 Å². The number of hydrogen-bond acceptors (Lipinski definition) is 3. The summed E-state index contributed by atoms with van der Waals surface area (Å²) in [6.45, 7) is 4.47. The Kier molecular flexibility index (Phi) is 5.10. The van der Waals surface area contributed by atoms with E-state index in [2.05, 4.69) is 39.2 Å². The second-order valence-corrected chi connectivity index (χ2v) is 7.42. The standard InChI is InChI=1S/C22H26N4O/c1-16(17-8-3-2-4-9-17)14-23-21(27)18-10-7-13-26(15-18)22-24-19-11-5-6-12-20(19)25-22/h2-6,8-9,11-12,16,18H,7,10,13-15H2,1H3,(H,23,27)(H,24,25)/t16-,18+/m0/s1. The van der Waals surface area contributed by atoms with Gasteiger partial charge in [0.2, 0.25) is 11.9 Å². The molecule has 4 rings (SSSR count). The lowest BCUT2D eigenvalue weighted by Gasteiger charge is -2.32. The molecule has 1 aliphatic rings. The van der Waals surface area contributed by atoms with Crippen molar-refractivity contribution in [3.05, 3.63) is 60.2 Å². The lowest BCUT2D eigenvalue weighted by atomic mass is 9.96. The van der Waals surface area contributed by atoms with Crippen molar-refractivity contribution >= 4 is 22.9 Å². The highest BCUT2D eigenvalue weighted by Crippen LogP contribution is 2.24. The Bertz CT molecular complexity index is 872. The van der Waals surface area contributed by atoms with Gasteiger partial charge in [0.15, 0.2) is 0 Å². The number of nitrogens with one attached hydrogen (secondary N) is 2. The van der Waals surface area contributed by atoms with Crippen LogP contribution in [0.2, 0.25) is 0 Å². The minimum absolute atomic E-state index is 0.00920. The van der Waals surface area contributed by atoms with Crippen LogP contribution in [0.3, 0.4) is 0 Å². The first kappa shape index (κ1) is 17.6. The second-order valence-electron chi connectivity index (χ2n) is 7.42. The van der Waals surface area contributed by atoms with Crippen LogP contribution in [-0.2, 0) is 4.79 Å². The molecule has 2 atom stereocenters. The Morgan fingerprint density at radius 3 is 2.81 bits per heavy atom. The quantitative estimate of drug-likeness (QED) is 0.727. The van der Waals surface area contributed by atoms with Gasteiger partial charge in [-0.25, -0.2) is 4.98 Å². The molecule has 140 valence electrons. The average molecular weight is 362 g/mol. The zero-order chi connectivity index (χ0) is 18.6. The van der Waals surface area contributed by atoms with Crippen LogP contribution in [0.1, 0.15) is 31.2 Å². The van der Waals surface area contributed by atoms with Crippen molar-refractivity contribution in [2.75, 3.05) is 24.5 Å². The van der Waals surface area contributed by atoms with Crippen molar-refractivity contribution in [3.8, 4) is 0 Å². The summed E-state index contributed by atoms with van der Waals surface area (Å²) in [5.74, 6) is 1.34. The van der Waals surface area contributed by atoms with E-state index >= 15 is 0 Å². The maximum atomic E-state index is 12.7. The largest absolute Gasteiger partial charge is 0.355 e. The number of aromatic amines is 1. The number of para-hydroxylation sites is 2. The third-order valence-electron chi connectivity index (χ3n) is 5.42. The molecular formula is C22H26N4O. The van der Waals surface area contributed by atoms with E-state index in [1.807, 2.05) is 42.5 Å². The lowest BCUT2D eigenvalue weighted by molar-refractivity contribution is -0.125. The van der Waals surface area contributed by atoms with Gasteiger partial charge in [-0.15, -0.1) is 0 Å². The van der Waals surface area contributed by atoms with Crippen LogP contribution >= 0.6 is 0 Å². The fourth-order valence-electron chi connectivity index (χ4n) is 3.77. The van der Waals surface area contributed by atoms with Crippen molar-refractivity contribution in [2.24, 2.45) is 5.92 Å². The van der Waals surface area contributed by atoms with Crippen LogP contribution in [0.4, 0.5) is 5.95 Å². The van der Waals surface area contributed by atoms with Gasteiger partial charge in [-0.2, -0.15) is 0 Å². The number of fused-ring (bicyclic) bond motifs is 1. The Hall–Kier alpha value is -2.82. The van der Waals surface area contributed by atoms with Crippen LogP contribution in [0.5, 0.6) is 0 Å². The highest BCUT2D eigenvalue weighted by atomic mass is 16.1. The minimum atomic E-state index is 0.00920. The molecule has 27 heavy (non-hydrogen) atoms. The summed E-state index contributed by atoms with van der Waals surface area (Å²) in [5, 5.41) is 3.15. The predicted octanol–water partition coefficient (Wildman–Crippen LogP) is 3.70. The number of anilines is 1. The number of nitrogens with zero attached hydrogens (tertiary/aromatic N) is 2. The number of rotatable bonds is 5. The molecule has 2 heterocycles. The molecule has 0 spiro atoms. The number of hydrogen-bond donors (Lipinski definition) is 2. The lowest BCUT2D eigenvalue weighted by Crippen LogP contribution is -2.44. The molecule has 0 unspecified atom stereocenters. The van der Waals surface area contributed by atoms with Crippen LogP contribution in [0.15, 0.2) is 54.6 Å². The van der Waals surface area contributed by atoms with Crippen molar-refractivity contribution in [1.29, 1.82) is 0 Å². The summed E-state index contributed by atoms with van der Waals surface area (Å²) in [5.41, 5.74) is 3.26. The Balaban J connectivity index is 1.36. The van der Waals surface area contributed by atoms with E-state index in [0.717, 1.165) is 36.4 Å². The molecule has 5 heteroatoms. The van der Waals surface area contributed by atoms with E-state index in [1.54, 1.807) is 0 Å². The molecule has 1 fully saturated rings. The van der Waals surface area contributed by atoms with Gasteiger partial charge >= 0.3 is 0 Å². The van der Waals surface area contributed by atoms with E-state index < -0.39 is 0 Å². The predicted molar refractivity (Wildman–Crippen MR) is 109 cm³/mol. The maximum absolute atomic E-state index is 12.7. The third-order valence-corrected chi connectivity index (χ3v) is 5.42. The molecule has 0 aliphatic carbocycles. The van der Waals surface area contributed by atoms with E-state index in [4.69, 9.17) is 0 Å². The van der Waals surface area contributed by atoms with Gasteiger partial charge in [-0.3, -0.25) is 4.79 Å². The molecule has 3 aromatic rings. The minimum Gasteiger partial charge on any atom is -0.355 e. The van der Waals surface area contributed by atoms with Crippen LogP contribution in [-0.4, -0.2) is 35.5 Å². The van der Waals surface area contributed by atoms with Gasteiger partial charge in [-0.05, 0) is 36.5 Å². The van der Waals surface area contributed by atoms with Crippen molar-refractivity contribution in [3.63, 3.8) is 0 Å². The highest BCUT2D eigenvalue weighted by Gasteiger charge is 2.27. The van der Waals surface area contributed by atoms with Gasteiger partial charge in [0.1, 0.15) is 0 Å². The first-order chi connectivity index (χ1) is 13.2. The van der Waals surface area contributed by atoms with Gasteiger partial charge in [-0.1, -0.05) is 49.4 Å². The van der Waals surface area contributed by atoms with Crippen LogP contribution in [0, 0.1) is 5.92 Å². The molecular weight excluding hydrogens is 336 g/mol. The molecule has 1 saturated heterocycles. The van der Waals surface area contributed by atoms with Crippen molar-refractivity contribution in [2.45, 2.75) is 25.7 Å². The molecule has 0 saturated carbocycles. The maximum Gasteiger partial charge on any atom is 0.224 e. The molecule has 1 aromatic heterocycles. The first-order valence-corrected chi connectivity index (χ1v) is 9.73. The number of carbonyl (C=O) groups excluding carboxylic acids is 1. The second kappa shape index (κ2) is 7.82. The third kappa shape index (κ3) is 3.97. The number of imidazole rings is 1. The van der Waals surface area contributed by atoms with Gasteiger partial charge < -0.3 is 15.2 Å². The fraction of sp³-hybridized carbons (Fsp3) is 0.364. The number of H-pyrrole nitrogens is 1. The smallest absolute Gasteiger partial charge is 0.224 e. The van der Waals surface area contributed by atoms with Crippen LogP contribution < -0.4 is 10.2 Å². The average Bonchev–Trinajstić information content (AvgIpc) is 3.17. The summed E-state index contributed by atoms with van der Waals surface area (Å²) >= 11 is 0. The van der Waals surface area contributed by atoms with Crippen molar-refractivity contribution < 1.29 is 4.79 Å². The normalized spacial score (nSPS) is 18.4.